The van der Waals surface area contributed by atoms with Gasteiger partial charge in [-0.05, 0) is 24.3 Å². The quantitative estimate of drug-likeness (QED) is 0.732. The number of halogens is 4. The van der Waals surface area contributed by atoms with Gasteiger partial charge in [-0.15, -0.1) is 0 Å². The van der Waals surface area contributed by atoms with Crippen molar-refractivity contribution in [1.29, 1.82) is 0 Å². The van der Waals surface area contributed by atoms with E-state index >= 15 is 0 Å². The zero-order chi connectivity index (χ0) is 16.6. The highest BCUT2D eigenvalue weighted by atomic mass is 35.5. The van der Waals surface area contributed by atoms with E-state index in [1.54, 1.807) is 12.1 Å². The number of oxazole rings is 1. The first-order valence-corrected chi connectivity index (χ1v) is 6.74. The molecule has 0 atom stereocenters. The lowest BCUT2D eigenvalue weighted by molar-refractivity contribution is -0.137. The topological polar surface area (TPSA) is 55.1 Å². The fourth-order valence-corrected chi connectivity index (χ4v) is 2.38. The Hall–Kier alpha value is -2.54. The molecule has 23 heavy (non-hydrogen) atoms. The van der Waals surface area contributed by atoms with Gasteiger partial charge in [-0.25, -0.2) is 4.98 Å². The molecule has 0 aliphatic heterocycles. The van der Waals surface area contributed by atoms with Crippen molar-refractivity contribution in [3.05, 3.63) is 58.9 Å². The molecule has 118 valence electrons. The molecule has 0 fully saturated rings. The Bertz CT molecular complexity index is 890. The lowest BCUT2D eigenvalue weighted by Crippen LogP contribution is -2.15. The SMILES string of the molecule is O=C(Nc1ccc2ncoc2c1)c1cccc(C(F)(F)F)c1Cl. The Balaban J connectivity index is 1.91. The van der Waals surface area contributed by atoms with Crippen LogP contribution in [0.15, 0.2) is 47.2 Å². The van der Waals surface area contributed by atoms with Crippen molar-refractivity contribution in [1.82, 2.24) is 4.98 Å². The van der Waals surface area contributed by atoms with Gasteiger partial charge in [0.15, 0.2) is 12.0 Å². The molecule has 1 amide bonds. The highest BCUT2D eigenvalue weighted by Crippen LogP contribution is 2.36. The summed E-state index contributed by atoms with van der Waals surface area (Å²) >= 11 is 5.72. The fraction of sp³-hybridized carbons (Fsp3) is 0.0667. The van der Waals surface area contributed by atoms with E-state index in [-0.39, 0.29) is 5.56 Å². The molecule has 0 aliphatic carbocycles. The average Bonchev–Trinajstić information content (AvgIpc) is 2.93. The molecule has 0 spiro atoms. The third-order valence-corrected chi connectivity index (χ3v) is 3.55. The monoisotopic (exact) mass is 340 g/mol. The van der Waals surface area contributed by atoms with E-state index in [1.807, 2.05) is 0 Å². The van der Waals surface area contributed by atoms with Crippen molar-refractivity contribution in [3.63, 3.8) is 0 Å². The minimum absolute atomic E-state index is 0.265. The molecular formula is C15H8ClF3N2O2. The van der Waals surface area contributed by atoms with Crippen LogP contribution in [0.2, 0.25) is 5.02 Å². The van der Waals surface area contributed by atoms with Crippen LogP contribution < -0.4 is 5.32 Å². The number of fused-ring (bicyclic) bond motifs is 1. The minimum atomic E-state index is -4.63. The number of benzene rings is 2. The molecule has 2 aromatic carbocycles. The highest BCUT2D eigenvalue weighted by molar-refractivity contribution is 6.35. The van der Waals surface area contributed by atoms with Gasteiger partial charge in [0, 0.05) is 11.8 Å². The Labute approximate surface area is 132 Å². The molecule has 1 heterocycles. The number of alkyl halides is 3. The van der Waals surface area contributed by atoms with Crippen LogP contribution >= 0.6 is 11.6 Å². The minimum Gasteiger partial charge on any atom is -0.443 e. The van der Waals surface area contributed by atoms with E-state index in [1.165, 1.54) is 18.5 Å². The normalized spacial score (nSPS) is 11.7. The first kappa shape index (κ1) is 15.4. The lowest BCUT2D eigenvalue weighted by Gasteiger charge is -2.12. The van der Waals surface area contributed by atoms with Crippen LogP contribution in [0.5, 0.6) is 0 Å². The van der Waals surface area contributed by atoms with E-state index in [0.717, 1.165) is 12.1 Å². The molecule has 0 radical (unpaired) electrons. The molecule has 4 nitrogen and oxygen atoms in total. The van der Waals surface area contributed by atoms with Crippen molar-refractivity contribution < 1.29 is 22.4 Å². The van der Waals surface area contributed by atoms with Crippen LogP contribution in [-0.4, -0.2) is 10.9 Å². The molecule has 0 bridgehead atoms. The van der Waals surface area contributed by atoms with Gasteiger partial charge in [-0.2, -0.15) is 13.2 Å². The first-order valence-electron chi connectivity index (χ1n) is 6.36. The van der Waals surface area contributed by atoms with Crippen LogP contribution in [0.3, 0.4) is 0 Å². The molecule has 0 saturated carbocycles. The smallest absolute Gasteiger partial charge is 0.417 e. The second-order valence-electron chi connectivity index (χ2n) is 4.65. The van der Waals surface area contributed by atoms with E-state index in [2.05, 4.69) is 10.3 Å². The molecular weight excluding hydrogens is 333 g/mol. The fourth-order valence-electron chi connectivity index (χ4n) is 2.06. The summed E-state index contributed by atoms with van der Waals surface area (Å²) in [6.07, 6.45) is -3.38. The van der Waals surface area contributed by atoms with E-state index in [9.17, 15) is 18.0 Å². The Kier molecular flexibility index (Phi) is 3.73. The number of carbonyl (C=O) groups excluding carboxylic acids is 1. The predicted octanol–water partition coefficient (Wildman–Crippen LogP) is 4.75. The van der Waals surface area contributed by atoms with Gasteiger partial charge in [0.2, 0.25) is 0 Å². The summed E-state index contributed by atoms with van der Waals surface area (Å²) in [6, 6.07) is 7.86. The van der Waals surface area contributed by atoms with Crippen LogP contribution in [0, 0.1) is 0 Å². The third kappa shape index (κ3) is 3.00. The maximum atomic E-state index is 12.8. The van der Waals surface area contributed by atoms with Gasteiger partial charge < -0.3 is 9.73 Å². The highest BCUT2D eigenvalue weighted by Gasteiger charge is 2.34. The Morgan fingerprint density at radius 2 is 2.00 bits per heavy atom. The Morgan fingerprint density at radius 3 is 2.74 bits per heavy atom. The zero-order valence-electron chi connectivity index (χ0n) is 11.3. The van der Waals surface area contributed by atoms with Gasteiger partial charge in [0.05, 0.1) is 16.1 Å². The second-order valence-corrected chi connectivity index (χ2v) is 5.03. The van der Waals surface area contributed by atoms with Crippen LogP contribution in [0.25, 0.3) is 11.1 Å². The van der Waals surface area contributed by atoms with E-state index in [4.69, 9.17) is 16.0 Å². The lowest BCUT2D eigenvalue weighted by atomic mass is 10.1. The molecule has 1 aromatic heterocycles. The third-order valence-electron chi connectivity index (χ3n) is 3.14. The maximum absolute atomic E-state index is 12.8. The molecule has 0 aliphatic rings. The summed E-state index contributed by atoms with van der Waals surface area (Å²) in [6.45, 7) is 0. The van der Waals surface area contributed by atoms with Gasteiger partial charge in [0.1, 0.15) is 5.52 Å². The van der Waals surface area contributed by atoms with Crippen molar-refractivity contribution in [2.75, 3.05) is 5.32 Å². The number of amides is 1. The summed E-state index contributed by atoms with van der Waals surface area (Å²) in [7, 11) is 0. The van der Waals surface area contributed by atoms with Crippen molar-refractivity contribution >= 4 is 34.3 Å². The first-order chi connectivity index (χ1) is 10.9. The standard InChI is InChI=1S/C15H8ClF3N2O2/c16-13-9(2-1-3-10(13)15(17,18)19)14(22)21-8-4-5-11-12(6-8)23-7-20-11/h1-7H,(H,21,22). The molecule has 0 unspecified atom stereocenters. The predicted molar refractivity (Wildman–Crippen MR) is 78.4 cm³/mol. The van der Waals surface area contributed by atoms with Crippen LogP contribution in [0.4, 0.5) is 18.9 Å². The largest absolute Gasteiger partial charge is 0.443 e. The number of hydrogen-bond acceptors (Lipinski definition) is 3. The van der Waals surface area contributed by atoms with Crippen molar-refractivity contribution in [2.24, 2.45) is 0 Å². The summed E-state index contributed by atoms with van der Waals surface area (Å²) in [5.74, 6) is -0.750. The summed E-state index contributed by atoms with van der Waals surface area (Å²) in [4.78, 5) is 16.1. The molecule has 0 saturated heterocycles. The van der Waals surface area contributed by atoms with Crippen molar-refractivity contribution in [3.8, 4) is 0 Å². The van der Waals surface area contributed by atoms with Crippen LogP contribution in [-0.2, 0) is 6.18 Å². The molecule has 3 rings (SSSR count). The van der Waals surface area contributed by atoms with E-state index in [0.29, 0.717) is 16.8 Å². The van der Waals surface area contributed by atoms with Gasteiger partial charge in [0.25, 0.3) is 5.91 Å². The average molecular weight is 341 g/mol. The number of nitrogens with zero attached hydrogens (tertiary/aromatic N) is 1. The maximum Gasteiger partial charge on any atom is 0.417 e. The zero-order valence-corrected chi connectivity index (χ0v) is 12.1. The van der Waals surface area contributed by atoms with Gasteiger partial charge in [-0.1, -0.05) is 17.7 Å². The van der Waals surface area contributed by atoms with Crippen LogP contribution in [0.1, 0.15) is 15.9 Å². The number of anilines is 1. The van der Waals surface area contributed by atoms with Gasteiger partial charge in [-0.3, -0.25) is 4.79 Å². The summed E-state index contributed by atoms with van der Waals surface area (Å²) in [5, 5.41) is 1.84. The number of nitrogens with one attached hydrogen (secondary N) is 1. The molecule has 1 N–H and O–H groups in total. The number of rotatable bonds is 2. The number of carbonyl (C=O) groups is 1. The Morgan fingerprint density at radius 1 is 1.22 bits per heavy atom. The van der Waals surface area contributed by atoms with Gasteiger partial charge >= 0.3 is 6.18 Å². The second kappa shape index (κ2) is 5.58. The van der Waals surface area contributed by atoms with E-state index < -0.39 is 22.7 Å². The number of aromatic nitrogens is 1. The van der Waals surface area contributed by atoms with Crippen molar-refractivity contribution in [2.45, 2.75) is 6.18 Å². The summed E-state index contributed by atoms with van der Waals surface area (Å²) < 4.78 is 43.6. The molecule has 3 aromatic rings. The summed E-state index contributed by atoms with van der Waals surface area (Å²) in [5.41, 5.74) is 0.0717. The molecule has 8 heteroatoms. The number of hydrogen-bond donors (Lipinski definition) is 1.